The molecule has 1 heterocycles. The minimum absolute atomic E-state index is 0.217. The van der Waals surface area contributed by atoms with E-state index >= 15 is 0 Å². The van der Waals surface area contributed by atoms with E-state index in [9.17, 15) is 13.5 Å². The van der Waals surface area contributed by atoms with Gasteiger partial charge in [-0.2, -0.15) is 4.98 Å². The van der Waals surface area contributed by atoms with Gasteiger partial charge in [0.1, 0.15) is 6.10 Å². The topological polar surface area (TPSA) is 127 Å². The average Bonchev–Trinajstić information content (AvgIpc) is 3.55. The third-order valence-corrected chi connectivity index (χ3v) is 6.99. The van der Waals surface area contributed by atoms with Crippen LogP contribution in [0.5, 0.6) is 5.88 Å². The Bertz CT molecular complexity index is 1040. The number of aliphatic hydroxyl groups is 1. The van der Waals surface area contributed by atoms with E-state index in [2.05, 4.69) is 31.2 Å². The van der Waals surface area contributed by atoms with Crippen LogP contribution in [0.25, 0.3) is 0 Å². The molecule has 2 aromatic rings. The van der Waals surface area contributed by atoms with Crippen LogP contribution in [0.15, 0.2) is 27.7 Å². The lowest BCUT2D eigenvalue weighted by molar-refractivity contribution is 0.0569. The van der Waals surface area contributed by atoms with E-state index in [1.54, 1.807) is 20.0 Å². The summed E-state index contributed by atoms with van der Waals surface area (Å²) in [7, 11) is -3.81. The number of aliphatic hydroxyl groups excluding tert-OH is 1. The van der Waals surface area contributed by atoms with E-state index in [4.69, 9.17) is 9.88 Å². The summed E-state index contributed by atoms with van der Waals surface area (Å²) in [5.74, 6) is 1.06. The third-order valence-electron chi connectivity index (χ3n) is 5.41. The molecule has 0 saturated heterocycles. The number of rotatable bonds is 8. The number of ether oxygens (including phenoxy) is 1. The highest BCUT2D eigenvalue weighted by Gasteiger charge is 2.36. The first kappa shape index (κ1) is 21.5. The van der Waals surface area contributed by atoms with Crippen LogP contribution in [0, 0.1) is 0 Å². The largest absolute Gasteiger partial charge is 0.471 e. The Morgan fingerprint density at radius 2 is 1.77 bits per heavy atom. The molecule has 0 unspecified atom stereocenters. The molecule has 2 aliphatic rings. The number of nitrogens with one attached hydrogen (secondary N) is 1. The maximum absolute atomic E-state index is 12.3. The molecule has 30 heavy (non-hydrogen) atoms. The van der Waals surface area contributed by atoms with Crippen LogP contribution in [0.3, 0.4) is 0 Å². The van der Waals surface area contributed by atoms with Crippen LogP contribution in [0.1, 0.15) is 62.5 Å². The second-order valence-electron chi connectivity index (χ2n) is 8.11. The molecule has 1 aromatic heterocycles. The van der Waals surface area contributed by atoms with E-state index in [0.29, 0.717) is 21.2 Å². The maximum atomic E-state index is 12.3. The van der Waals surface area contributed by atoms with Gasteiger partial charge >= 0.3 is 0 Å². The first-order valence-electron chi connectivity index (χ1n) is 9.98. The van der Waals surface area contributed by atoms with Crippen molar-refractivity contribution in [2.24, 2.45) is 5.14 Å². The highest BCUT2D eigenvalue weighted by Crippen LogP contribution is 2.50. The number of halogens is 1. The minimum atomic E-state index is -3.81. The lowest BCUT2D eigenvalue weighted by atomic mass is 10.0. The van der Waals surface area contributed by atoms with E-state index in [1.807, 2.05) is 12.1 Å². The number of benzene rings is 1. The summed E-state index contributed by atoms with van der Waals surface area (Å²) in [6.45, 7) is 3.40. The molecule has 8 nitrogen and oxygen atoms in total. The molecule has 0 spiro atoms. The van der Waals surface area contributed by atoms with E-state index in [0.717, 1.165) is 42.5 Å². The SMILES string of the molecule is C[C@@H](O)[C@@H](C)Oc1nc(Nc2cc(C3CC3)c(S(N)(=O)=O)c(C3CC3)c2)ncc1Br. The van der Waals surface area contributed by atoms with Gasteiger partial charge in [0.05, 0.1) is 21.7 Å². The molecule has 0 aliphatic heterocycles. The van der Waals surface area contributed by atoms with Crippen LogP contribution < -0.4 is 15.2 Å². The highest BCUT2D eigenvalue weighted by molar-refractivity contribution is 9.10. The Hall–Kier alpha value is -1.75. The zero-order valence-electron chi connectivity index (χ0n) is 16.8. The van der Waals surface area contributed by atoms with Gasteiger partial charge in [-0.15, -0.1) is 0 Å². The summed E-state index contributed by atoms with van der Waals surface area (Å²) in [6, 6.07) is 3.68. The highest BCUT2D eigenvalue weighted by atomic mass is 79.9. The standard InChI is InChI=1S/C20H25BrN4O4S/c1-10(26)11(2)29-19-17(21)9-23-20(25-19)24-14-7-15(12-3-4-12)18(30(22,27)28)16(8-14)13-5-6-13/h7-13,26H,3-6H2,1-2H3,(H2,22,27,28)(H,23,24,25)/t10-,11-/m1/s1. The molecule has 4 rings (SSSR count). The van der Waals surface area contributed by atoms with E-state index in [1.165, 1.54) is 0 Å². The summed E-state index contributed by atoms with van der Waals surface area (Å²) < 4.78 is 31.0. The fraction of sp³-hybridized carbons (Fsp3) is 0.500. The third kappa shape index (κ3) is 4.77. The van der Waals surface area contributed by atoms with Gasteiger partial charge in [-0.05, 0) is 90.6 Å². The number of hydrogen-bond donors (Lipinski definition) is 3. The van der Waals surface area contributed by atoms with Crippen molar-refractivity contribution >= 4 is 37.6 Å². The summed E-state index contributed by atoms with van der Waals surface area (Å²) in [4.78, 5) is 8.98. The number of hydrogen-bond acceptors (Lipinski definition) is 7. The molecule has 0 radical (unpaired) electrons. The molecule has 162 valence electrons. The fourth-order valence-electron chi connectivity index (χ4n) is 3.37. The summed E-state index contributed by atoms with van der Waals surface area (Å²) in [5, 5.41) is 18.4. The second kappa shape index (κ2) is 8.07. The molecular weight excluding hydrogens is 472 g/mol. The van der Waals surface area contributed by atoms with Gasteiger partial charge < -0.3 is 15.2 Å². The smallest absolute Gasteiger partial charge is 0.238 e. The molecule has 2 aliphatic carbocycles. The van der Waals surface area contributed by atoms with Crippen molar-refractivity contribution in [2.75, 3.05) is 5.32 Å². The quantitative estimate of drug-likeness (QED) is 0.509. The minimum Gasteiger partial charge on any atom is -0.471 e. The predicted molar refractivity (Wildman–Crippen MR) is 117 cm³/mol. The second-order valence-corrected chi connectivity index (χ2v) is 10.5. The molecule has 10 heteroatoms. The fourth-order valence-corrected chi connectivity index (χ4v) is 4.76. The molecule has 4 N–H and O–H groups in total. The molecular formula is C20H25BrN4O4S. The lowest BCUT2D eigenvalue weighted by Crippen LogP contribution is -2.26. The van der Waals surface area contributed by atoms with Gasteiger partial charge in [0, 0.05) is 5.69 Å². The van der Waals surface area contributed by atoms with Crippen molar-refractivity contribution in [3.8, 4) is 5.88 Å². The Morgan fingerprint density at radius 3 is 2.23 bits per heavy atom. The predicted octanol–water partition coefficient (Wildman–Crippen LogP) is 3.53. The van der Waals surface area contributed by atoms with E-state index < -0.39 is 22.2 Å². The van der Waals surface area contributed by atoms with Gasteiger partial charge in [0.15, 0.2) is 0 Å². The molecule has 2 fully saturated rings. The van der Waals surface area contributed by atoms with Gasteiger partial charge in [-0.3, -0.25) is 0 Å². The van der Waals surface area contributed by atoms with Gasteiger partial charge in [0.25, 0.3) is 0 Å². The lowest BCUT2D eigenvalue weighted by Gasteiger charge is -2.18. The van der Waals surface area contributed by atoms with Crippen molar-refractivity contribution in [1.82, 2.24) is 9.97 Å². The van der Waals surface area contributed by atoms with Crippen LogP contribution in [0.2, 0.25) is 0 Å². The first-order chi connectivity index (χ1) is 14.1. The Morgan fingerprint density at radius 1 is 1.20 bits per heavy atom. The van der Waals surface area contributed by atoms with Crippen molar-refractivity contribution in [2.45, 2.75) is 68.5 Å². The number of sulfonamides is 1. The molecule has 1 aromatic carbocycles. The molecule has 2 saturated carbocycles. The number of primary sulfonamides is 1. The molecule has 2 atom stereocenters. The Labute approximate surface area is 184 Å². The molecule has 0 amide bonds. The number of anilines is 2. The zero-order valence-corrected chi connectivity index (χ0v) is 19.2. The maximum Gasteiger partial charge on any atom is 0.238 e. The van der Waals surface area contributed by atoms with E-state index in [-0.39, 0.29) is 11.8 Å². The van der Waals surface area contributed by atoms with Crippen molar-refractivity contribution in [1.29, 1.82) is 0 Å². The Balaban J connectivity index is 1.69. The summed E-state index contributed by atoms with van der Waals surface area (Å²) in [6.07, 6.45) is 4.31. The van der Waals surface area contributed by atoms with Crippen molar-refractivity contribution in [3.63, 3.8) is 0 Å². The summed E-state index contributed by atoms with van der Waals surface area (Å²) in [5.41, 5.74) is 2.28. The van der Waals surface area contributed by atoms with Crippen LogP contribution in [-0.4, -0.2) is 35.7 Å². The molecule has 0 bridgehead atoms. The van der Waals surface area contributed by atoms with Crippen molar-refractivity contribution in [3.05, 3.63) is 33.9 Å². The van der Waals surface area contributed by atoms with Crippen LogP contribution in [-0.2, 0) is 10.0 Å². The van der Waals surface area contributed by atoms with Crippen molar-refractivity contribution < 1.29 is 18.3 Å². The monoisotopic (exact) mass is 496 g/mol. The normalized spacial score (nSPS) is 18.7. The van der Waals surface area contributed by atoms with Crippen LogP contribution >= 0.6 is 15.9 Å². The summed E-state index contributed by atoms with van der Waals surface area (Å²) >= 11 is 3.36. The zero-order chi connectivity index (χ0) is 21.6. The number of nitrogens with zero attached hydrogens (tertiary/aromatic N) is 2. The number of aromatic nitrogens is 2. The van der Waals surface area contributed by atoms with Gasteiger partial charge in [-0.1, -0.05) is 0 Å². The van der Waals surface area contributed by atoms with Crippen LogP contribution in [0.4, 0.5) is 11.6 Å². The van der Waals surface area contributed by atoms with Gasteiger partial charge in [0.2, 0.25) is 21.9 Å². The Kier molecular flexibility index (Phi) is 5.78. The average molecular weight is 497 g/mol. The number of nitrogens with two attached hydrogens (primary N) is 1. The first-order valence-corrected chi connectivity index (χ1v) is 12.3. The van der Waals surface area contributed by atoms with Gasteiger partial charge in [-0.25, -0.2) is 18.5 Å².